The maximum atomic E-state index is 12.6. The van der Waals surface area contributed by atoms with E-state index in [2.05, 4.69) is 11.4 Å². The van der Waals surface area contributed by atoms with E-state index in [-0.39, 0.29) is 11.9 Å². The highest BCUT2D eigenvalue weighted by Gasteiger charge is 2.45. The van der Waals surface area contributed by atoms with Crippen molar-refractivity contribution in [2.24, 2.45) is 11.8 Å². The van der Waals surface area contributed by atoms with Crippen molar-refractivity contribution in [3.05, 3.63) is 0 Å². The van der Waals surface area contributed by atoms with E-state index >= 15 is 0 Å². The smallest absolute Gasteiger partial charge is 0.240 e. The minimum absolute atomic E-state index is 0.0387. The summed E-state index contributed by atoms with van der Waals surface area (Å²) in [6, 6.07) is 2.62. The van der Waals surface area contributed by atoms with Crippen molar-refractivity contribution in [1.29, 1.82) is 5.26 Å². The molecule has 18 heavy (non-hydrogen) atoms. The second-order valence-electron chi connectivity index (χ2n) is 5.91. The molecule has 3 rings (SSSR count). The quantitative estimate of drug-likeness (QED) is 0.814. The molecule has 0 aromatic heterocycles. The molecule has 2 saturated carbocycles. The molecule has 2 aliphatic carbocycles. The Hall–Kier alpha value is -1.08. The van der Waals surface area contributed by atoms with Crippen molar-refractivity contribution < 1.29 is 4.79 Å². The van der Waals surface area contributed by atoms with Gasteiger partial charge in [0, 0.05) is 12.6 Å². The first-order chi connectivity index (χ1) is 8.81. The van der Waals surface area contributed by atoms with Gasteiger partial charge in [-0.05, 0) is 44.1 Å². The van der Waals surface area contributed by atoms with Gasteiger partial charge >= 0.3 is 0 Å². The van der Waals surface area contributed by atoms with Crippen LogP contribution >= 0.6 is 0 Å². The second kappa shape index (κ2) is 4.89. The Morgan fingerprint density at radius 2 is 2.17 bits per heavy atom. The Morgan fingerprint density at radius 1 is 1.33 bits per heavy atom. The average Bonchev–Trinajstić information content (AvgIpc) is 2.95. The summed E-state index contributed by atoms with van der Waals surface area (Å²) in [6.07, 6.45) is 6.47. The number of rotatable bonds is 4. The lowest BCUT2D eigenvalue weighted by atomic mass is 9.93. The molecule has 4 nitrogen and oxygen atoms in total. The molecule has 1 aliphatic heterocycles. The summed E-state index contributed by atoms with van der Waals surface area (Å²) in [5, 5.41) is 12.1. The van der Waals surface area contributed by atoms with Crippen molar-refractivity contribution in [1.82, 2.24) is 10.2 Å². The third kappa shape index (κ3) is 2.12. The zero-order valence-corrected chi connectivity index (χ0v) is 10.8. The van der Waals surface area contributed by atoms with Gasteiger partial charge in [0.05, 0.1) is 18.5 Å². The lowest BCUT2D eigenvalue weighted by Crippen LogP contribution is -2.47. The fraction of sp³-hybridized carbons (Fsp3) is 0.857. The number of hydrogen-bond acceptors (Lipinski definition) is 3. The van der Waals surface area contributed by atoms with Gasteiger partial charge in [0.1, 0.15) is 0 Å². The second-order valence-corrected chi connectivity index (χ2v) is 5.91. The highest BCUT2D eigenvalue weighted by molar-refractivity contribution is 5.83. The van der Waals surface area contributed by atoms with Crippen LogP contribution in [0.2, 0.25) is 0 Å². The molecular formula is C14H21N3O. The van der Waals surface area contributed by atoms with Crippen molar-refractivity contribution >= 4 is 5.91 Å². The third-order valence-corrected chi connectivity index (χ3v) is 4.75. The van der Waals surface area contributed by atoms with Gasteiger partial charge in [0.2, 0.25) is 5.91 Å². The summed E-state index contributed by atoms with van der Waals surface area (Å²) >= 11 is 0. The zero-order valence-electron chi connectivity index (χ0n) is 10.8. The van der Waals surface area contributed by atoms with Crippen LogP contribution in [0.1, 0.15) is 38.5 Å². The van der Waals surface area contributed by atoms with Gasteiger partial charge < -0.3 is 10.2 Å². The number of fused-ring (bicyclic) bond motifs is 1. The predicted molar refractivity (Wildman–Crippen MR) is 67.6 cm³/mol. The molecule has 1 saturated heterocycles. The summed E-state index contributed by atoms with van der Waals surface area (Å²) < 4.78 is 0. The first-order valence-corrected chi connectivity index (χ1v) is 7.22. The van der Waals surface area contributed by atoms with Crippen LogP contribution < -0.4 is 5.32 Å². The number of amides is 1. The van der Waals surface area contributed by atoms with Crippen LogP contribution in [0.15, 0.2) is 0 Å². The highest BCUT2D eigenvalue weighted by atomic mass is 16.2. The van der Waals surface area contributed by atoms with E-state index in [0.29, 0.717) is 24.9 Å². The monoisotopic (exact) mass is 247 g/mol. The van der Waals surface area contributed by atoms with Crippen LogP contribution in [0.3, 0.4) is 0 Å². The van der Waals surface area contributed by atoms with Crippen molar-refractivity contribution in [2.45, 2.75) is 50.6 Å². The molecule has 0 bridgehead atoms. The van der Waals surface area contributed by atoms with E-state index in [9.17, 15) is 4.79 Å². The average molecular weight is 247 g/mol. The van der Waals surface area contributed by atoms with Crippen LogP contribution in [0.5, 0.6) is 0 Å². The van der Waals surface area contributed by atoms with Crippen molar-refractivity contribution in [2.75, 3.05) is 13.1 Å². The van der Waals surface area contributed by atoms with Crippen molar-refractivity contribution in [3.63, 3.8) is 0 Å². The van der Waals surface area contributed by atoms with Gasteiger partial charge in [-0.25, -0.2) is 0 Å². The van der Waals surface area contributed by atoms with Gasteiger partial charge in [-0.15, -0.1) is 0 Å². The summed E-state index contributed by atoms with van der Waals surface area (Å²) in [4.78, 5) is 14.6. The topological polar surface area (TPSA) is 56.1 Å². The SMILES string of the molecule is N#CCCN(C(=O)C1NCC2CCCC21)C1CC1. The minimum atomic E-state index is 0.0387. The molecule has 3 aliphatic rings. The van der Waals surface area contributed by atoms with Crippen LogP contribution in [-0.2, 0) is 4.79 Å². The zero-order chi connectivity index (χ0) is 12.5. The van der Waals surface area contributed by atoms with Crippen molar-refractivity contribution in [3.8, 4) is 6.07 Å². The van der Waals surface area contributed by atoms with Crippen LogP contribution in [0.25, 0.3) is 0 Å². The molecule has 98 valence electrons. The lowest BCUT2D eigenvalue weighted by Gasteiger charge is -2.27. The molecule has 4 heteroatoms. The maximum Gasteiger partial charge on any atom is 0.240 e. The van der Waals surface area contributed by atoms with Gasteiger partial charge in [-0.3, -0.25) is 4.79 Å². The van der Waals surface area contributed by atoms with Gasteiger partial charge in [0.15, 0.2) is 0 Å². The van der Waals surface area contributed by atoms with Crippen LogP contribution in [0, 0.1) is 23.2 Å². The van der Waals surface area contributed by atoms with Crippen LogP contribution in [-0.4, -0.2) is 36.0 Å². The number of nitriles is 1. The first kappa shape index (κ1) is 12.0. The predicted octanol–water partition coefficient (Wildman–Crippen LogP) is 1.28. The lowest BCUT2D eigenvalue weighted by molar-refractivity contribution is -0.134. The standard InChI is InChI=1S/C14H21N3O/c15-7-2-8-17(11-5-6-11)14(18)13-12-4-1-3-10(12)9-16-13/h10-13,16H,1-6,8-9H2. The van der Waals surface area contributed by atoms with E-state index in [4.69, 9.17) is 5.26 Å². The van der Waals surface area contributed by atoms with E-state index in [0.717, 1.165) is 25.3 Å². The third-order valence-electron chi connectivity index (χ3n) is 4.75. The summed E-state index contributed by atoms with van der Waals surface area (Å²) in [5.74, 6) is 1.54. The molecule has 0 aromatic carbocycles. The molecule has 0 aromatic rings. The van der Waals surface area contributed by atoms with Gasteiger partial charge in [-0.2, -0.15) is 5.26 Å². The van der Waals surface area contributed by atoms with E-state index in [1.54, 1.807) is 0 Å². The van der Waals surface area contributed by atoms with E-state index < -0.39 is 0 Å². The molecule has 1 heterocycles. The normalized spacial score (nSPS) is 34.1. The largest absolute Gasteiger partial charge is 0.337 e. The molecular weight excluding hydrogens is 226 g/mol. The maximum absolute atomic E-state index is 12.6. The molecule has 3 fully saturated rings. The summed E-state index contributed by atoms with van der Waals surface area (Å²) in [7, 11) is 0. The Bertz CT molecular complexity index is 372. The summed E-state index contributed by atoms with van der Waals surface area (Å²) in [6.45, 7) is 1.63. The Kier molecular flexibility index (Phi) is 3.25. The fourth-order valence-corrected chi connectivity index (χ4v) is 3.67. The number of carbonyl (C=O) groups is 1. The number of hydrogen-bond donors (Lipinski definition) is 1. The molecule has 0 spiro atoms. The molecule has 1 N–H and O–H groups in total. The number of nitrogens with zero attached hydrogens (tertiary/aromatic N) is 2. The van der Waals surface area contributed by atoms with Gasteiger partial charge in [0.25, 0.3) is 0 Å². The minimum Gasteiger partial charge on any atom is -0.337 e. The van der Waals surface area contributed by atoms with Crippen LogP contribution in [0.4, 0.5) is 0 Å². The Morgan fingerprint density at radius 3 is 2.89 bits per heavy atom. The molecule has 0 radical (unpaired) electrons. The fourth-order valence-electron chi connectivity index (χ4n) is 3.67. The number of nitrogens with one attached hydrogen (secondary N) is 1. The van der Waals surface area contributed by atoms with E-state index in [1.165, 1.54) is 19.3 Å². The summed E-state index contributed by atoms with van der Waals surface area (Å²) in [5.41, 5.74) is 0. The Labute approximate surface area is 108 Å². The molecule has 3 unspecified atom stereocenters. The van der Waals surface area contributed by atoms with E-state index in [1.807, 2.05) is 4.90 Å². The Balaban J connectivity index is 1.66. The first-order valence-electron chi connectivity index (χ1n) is 7.22. The highest BCUT2D eigenvalue weighted by Crippen LogP contribution is 2.39. The molecule has 1 amide bonds. The van der Waals surface area contributed by atoms with Gasteiger partial charge in [-0.1, -0.05) is 6.42 Å². The number of carbonyl (C=O) groups excluding carboxylic acids is 1. The molecule has 3 atom stereocenters.